The van der Waals surface area contributed by atoms with Gasteiger partial charge in [0.15, 0.2) is 0 Å². The highest BCUT2D eigenvalue weighted by Crippen LogP contribution is 2.37. The highest BCUT2D eigenvalue weighted by Gasteiger charge is 2.32. The van der Waals surface area contributed by atoms with Gasteiger partial charge in [0, 0.05) is 12.5 Å². The fourth-order valence-corrected chi connectivity index (χ4v) is 4.37. The lowest BCUT2D eigenvalue weighted by Gasteiger charge is -2.31. The molecule has 21 heavy (non-hydrogen) atoms. The Labute approximate surface area is 143 Å². The van der Waals surface area contributed by atoms with Gasteiger partial charge in [-0.3, -0.25) is 0 Å². The largest absolute Gasteiger partial charge is 0.306 e. The molecule has 0 radical (unpaired) electrons. The van der Waals surface area contributed by atoms with Crippen LogP contribution in [0.1, 0.15) is 84.3 Å². The summed E-state index contributed by atoms with van der Waals surface area (Å²) in [4.78, 5) is 4.03. The van der Waals surface area contributed by atoms with Crippen LogP contribution in [-0.2, 0) is 12.5 Å². The average Bonchev–Trinajstić information content (AvgIpc) is 2.69. The molecule has 1 atom stereocenters. The lowest BCUT2D eigenvalue weighted by atomic mass is 9.77. The van der Waals surface area contributed by atoms with Gasteiger partial charge in [0.25, 0.3) is 6.08 Å². The number of aromatic nitrogens is 2. The molecule has 0 saturated carbocycles. The zero-order valence-electron chi connectivity index (χ0n) is 14.0. The molecule has 1 aromatic heterocycles. The van der Waals surface area contributed by atoms with Crippen LogP contribution in [0.2, 0.25) is 0 Å². The summed E-state index contributed by atoms with van der Waals surface area (Å²) in [5.41, 5.74) is 1.14. The molecule has 0 amide bonds. The first-order valence-corrected chi connectivity index (χ1v) is 9.42. The van der Waals surface area contributed by atoms with E-state index in [2.05, 4.69) is 48.3 Å². The molecule has 0 fully saturated rings. The normalized spacial score (nSPS) is 14.4. The third kappa shape index (κ3) is 5.22. The van der Waals surface area contributed by atoms with Crippen LogP contribution < -0.4 is 0 Å². The summed E-state index contributed by atoms with van der Waals surface area (Å²) in [6, 6.07) is 0. The second-order valence-corrected chi connectivity index (χ2v) is 7.43. The van der Waals surface area contributed by atoms with Gasteiger partial charge in [0.1, 0.15) is 3.70 Å². The van der Waals surface area contributed by atoms with Gasteiger partial charge in [0.05, 0.1) is 5.69 Å². The molecule has 0 aliphatic rings. The van der Waals surface area contributed by atoms with E-state index in [1.807, 2.05) is 7.05 Å². The van der Waals surface area contributed by atoms with Crippen molar-refractivity contribution in [2.75, 3.05) is 0 Å². The van der Waals surface area contributed by atoms with Crippen LogP contribution in [0.4, 0.5) is 4.39 Å². The predicted molar refractivity (Wildman–Crippen MR) is 96.1 cm³/mol. The van der Waals surface area contributed by atoms with E-state index in [4.69, 9.17) is 0 Å². The Morgan fingerprint density at radius 2 is 1.57 bits per heavy atom. The van der Waals surface area contributed by atoms with Crippen LogP contribution in [0, 0.1) is 9.78 Å². The Morgan fingerprint density at radius 3 is 2.05 bits per heavy atom. The Kier molecular flexibility index (Phi) is 8.21. The van der Waals surface area contributed by atoms with Crippen LogP contribution in [-0.4, -0.2) is 9.55 Å². The minimum Gasteiger partial charge on any atom is -0.306 e. The highest BCUT2D eigenvalue weighted by atomic mass is 127. The first kappa shape index (κ1) is 18.9. The molecule has 1 aromatic rings. The second kappa shape index (κ2) is 9.11. The van der Waals surface area contributed by atoms with Crippen LogP contribution in [0.5, 0.6) is 0 Å². The van der Waals surface area contributed by atoms with E-state index in [1.165, 1.54) is 44.9 Å². The van der Waals surface area contributed by atoms with Crippen LogP contribution >= 0.6 is 22.6 Å². The van der Waals surface area contributed by atoms with Gasteiger partial charge in [-0.1, -0.05) is 65.7 Å². The van der Waals surface area contributed by atoms with Crippen molar-refractivity contribution in [3.8, 4) is 0 Å². The summed E-state index contributed by atoms with van der Waals surface area (Å²) in [6.07, 6.45) is 10.6. The fraction of sp³-hybridized carbons (Fsp3) is 0.824. The zero-order chi connectivity index (χ0) is 15.9. The average molecular weight is 408 g/mol. The smallest absolute Gasteiger partial charge is 0.290 e. The Bertz CT molecular complexity index is 431. The standard InChI is InChI=1S/C17H30FIN2/c1-5-7-9-11-13-17(3,12-10-8-6-2)14-15(19)20-16(18)21(14)4/h5-13H2,1-4H3. The van der Waals surface area contributed by atoms with Crippen molar-refractivity contribution in [1.29, 1.82) is 0 Å². The SMILES string of the molecule is CCCCCCC(C)(CCCCC)c1c(I)nc(F)n1C. The van der Waals surface area contributed by atoms with Gasteiger partial charge < -0.3 is 4.57 Å². The van der Waals surface area contributed by atoms with Gasteiger partial charge >= 0.3 is 0 Å². The quantitative estimate of drug-likeness (QED) is 0.344. The van der Waals surface area contributed by atoms with E-state index < -0.39 is 0 Å². The molecule has 1 rings (SSSR count). The zero-order valence-corrected chi connectivity index (χ0v) is 16.2. The minimum atomic E-state index is -0.357. The predicted octanol–water partition coefficient (Wildman–Crippen LogP) is 5.97. The molecule has 1 unspecified atom stereocenters. The van der Waals surface area contributed by atoms with Gasteiger partial charge in [-0.05, 0) is 35.4 Å². The lowest BCUT2D eigenvalue weighted by molar-refractivity contribution is 0.339. The summed E-state index contributed by atoms with van der Waals surface area (Å²) >= 11 is 2.19. The van der Waals surface area contributed by atoms with Gasteiger partial charge in [-0.25, -0.2) is 0 Å². The fourth-order valence-electron chi connectivity index (χ4n) is 3.16. The van der Waals surface area contributed by atoms with E-state index in [0.717, 1.165) is 22.2 Å². The monoisotopic (exact) mass is 408 g/mol. The Balaban J connectivity index is 2.88. The summed E-state index contributed by atoms with van der Waals surface area (Å²) in [5, 5.41) is 0. The molecule has 0 saturated heterocycles. The Hall–Kier alpha value is -0.130. The molecule has 4 heteroatoms. The molecule has 0 aromatic carbocycles. The molecular formula is C17H30FIN2. The summed E-state index contributed by atoms with van der Waals surface area (Å²) < 4.78 is 16.3. The van der Waals surface area contributed by atoms with E-state index in [9.17, 15) is 4.39 Å². The first-order chi connectivity index (χ1) is 9.96. The maximum absolute atomic E-state index is 13.8. The van der Waals surface area contributed by atoms with Crippen molar-refractivity contribution in [3.63, 3.8) is 0 Å². The van der Waals surface area contributed by atoms with Crippen molar-refractivity contribution < 1.29 is 4.39 Å². The second-order valence-electron chi connectivity index (χ2n) is 6.41. The number of halogens is 2. The molecule has 0 N–H and O–H groups in total. The number of hydrogen-bond donors (Lipinski definition) is 0. The van der Waals surface area contributed by atoms with Gasteiger partial charge in [0.2, 0.25) is 0 Å². The number of hydrogen-bond acceptors (Lipinski definition) is 1. The van der Waals surface area contributed by atoms with E-state index in [-0.39, 0.29) is 11.5 Å². The first-order valence-electron chi connectivity index (χ1n) is 8.34. The maximum Gasteiger partial charge on any atom is 0.290 e. The van der Waals surface area contributed by atoms with Crippen LogP contribution in [0.25, 0.3) is 0 Å². The van der Waals surface area contributed by atoms with Gasteiger partial charge in [-0.2, -0.15) is 9.37 Å². The van der Waals surface area contributed by atoms with Crippen molar-refractivity contribution in [2.45, 2.75) is 84.0 Å². The number of imidazole rings is 1. The third-order valence-corrected chi connectivity index (χ3v) is 5.24. The molecule has 0 bridgehead atoms. The van der Waals surface area contributed by atoms with Crippen molar-refractivity contribution >= 4 is 22.6 Å². The number of nitrogens with zero attached hydrogens (tertiary/aromatic N) is 2. The highest BCUT2D eigenvalue weighted by molar-refractivity contribution is 14.1. The van der Waals surface area contributed by atoms with E-state index >= 15 is 0 Å². The lowest BCUT2D eigenvalue weighted by Crippen LogP contribution is -2.26. The molecule has 0 aliphatic heterocycles. The summed E-state index contributed by atoms with van der Waals surface area (Å²) in [6.45, 7) is 6.76. The van der Waals surface area contributed by atoms with E-state index in [0.29, 0.717) is 0 Å². The molecular weight excluding hydrogens is 378 g/mol. The summed E-state index contributed by atoms with van der Waals surface area (Å²) in [5.74, 6) is 0. The third-order valence-electron chi connectivity index (χ3n) is 4.48. The maximum atomic E-state index is 13.8. The van der Waals surface area contributed by atoms with Crippen LogP contribution in [0.3, 0.4) is 0 Å². The molecule has 0 aliphatic carbocycles. The van der Waals surface area contributed by atoms with Crippen molar-refractivity contribution in [3.05, 3.63) is 15.5 Å². The molecule has 2 nitrogen and oxygen atoms in total. The van der Waals surface area contributed by atoms with Crippen LogP contribution in [0.15, 0.2) is 0 Å². The molecule has 0 spiro atoms. The minimum absolute atomic E-state index is 0.0471. The summed E-state index contributed by atoms with van der Waals surface area (Å²) in [7, 11) is 1.81. The number of unbranched alkanes of at least 4 members (excludes halogenated alkanes) is 5. The number of rotatable bonds is 10. The Morgan fingerprint density at radius 1 is 1.05 bits per heavy atom. The topological polar surface area (TPSA) is 17.8 Å². The van der Waals surface area contributed by atoms with E-state index in [1.54, 1.807) is 4.57 Å². The van der Waals surface area contributed by atoms with Crippen molar-refractivity contribution in [1.82, 2.24) is 9.55 Å². The molecule has 122 valence electrons. The molecule has 1 heterocycles. The van der Waals surface area contributed by atoms with Crippen molar-refractivity contribution in [2.24, 2.45) is 7.05 Å². The van der Waals surface area contributed by atoms with Gasteiger partial charge in [-0.15, -0.1) is 0 Å².